The van der Waals surface area contributed by atoms with Crippen LogP contribution in [0.15, 0.2) is 34.1 Å². The molecule has 1 fully saturated rings. The summed E-state index contributed by atoms with van der Waals surface area (Å²) in [4.78, 5) is 31.3. The number of nitrogens with zero attached hydrogens (tertiary/aromatic N) is 5. The Morgan fingerprint density at radius 2 is 1.90 bits per heavy atom. The number of fused-ring (bicyclic) bond motifs is 1. The van der Waals surface area contributed by atoms with Gasteiger partial charge in [-0.2, -0.15) is 0 Å². The number of imidazole rings is 1. The van der Waals surface area contributed by atoms with Gasteiger partial charge in [0.15, 0.2) is 22.7 Å². The number of phenolic OH excluding ortho intramolecular Hbond substituents is 2. The van der Waals surface area contributed by atoms with E-state index in [1.165, 1.54) is 11.6 Å². The fraction of sp³-hybridized carbons (Fsp3) is 0.476. The molecule has 4 rings (SSSR count). The molecule has 3 aromatic rings. The van der Waals surface area contributed by atoms with Crippen LogP contribution in [0.3, 0.4) is 0 Å². The summed E-state index contributed by atoms with van der Waals surface area (Å²) in [5.41, 5.74) is 1.21. The number of likely N-dealkylation sites (tertiary alicyclic amines) is 1. The lowest BCUT2D eigenvalue weighted by Gasteiger charge is -2.33. The summed E-state index contributed by atoms with van der Waals surface area (Å²) in [6.45, 7) is 3.43. The first kappa shape index (κ1) is 20.2. The molecule has 3 heterocycles. The summed E-state index contributed by atoms with van der Waals surface area (Å²) >= 11 is 0. The molecule has 1 atom stereocenters. The van der Waals surface area contributed by atoms with Gasteiger partial charge < -0.3 is 19.7 Å². The summed E-state index contributed by atoms with van der Waals surface area (Å²) in [7, 11) is 3.10. The van der Waals surface area contributed by atoms with Gasteiger partial charge in [-0.25, -0.2) is 9.78 Å². The quantitative estimate of drug-likeness (QED) is 0.607. The van der Waals surface area contributed by atoms with Gasteiger partial charge in [0.2, 0.25) is 0 Å². The van der Waals surface area contributed by atoms with Crippen LogP contribution >= 0.6 is 0 Å². The highest BCUT2D eigenvalue weighted by atomic mass is 16.3. The molecule has 160 valence electrons. The molecule has 1 aliphatic rings. The highest BCUT2D eigenvalue weighted by molar-refractivity contribution is 5.69. The van der Waals surface area contributed by atoms with Gasteiger partial charge in [-0.3, -0.25) is 13.9 Å². The summed E-state index contributed by atoms with van der Waals surface area (Å²) in [6.07, 6.45) is 4.61. The van der Waals surface area contributed by atoms with Crippen LogP contribution < -0.4 is 11.2 Å². The smallest absolute Gasteiger partial charge is 0.332 e. The maximum Gasteiger partial charge on any atom is 0.332 e. The number of phenols is 2. The van der Waals surface area contributed by atoms with E-state index in [1.54, 1.807) is 25.5 Å². The fourth-order valence-corrected chi connectivity index (χ4v) is 4.36. The van der Waals surface area contributed by atoms with Gasteiger partial charge in [-0.15, -0.1) is 0 Å². The summed E-state index contributed by atoms with van der Waals surface area (Å²) in [5.74, 6) is 0.149. The molecule has 0 saturated carbocycles. The molecule has 2 aromatic heterocycles. The van der Waals surface area contributed by atoms with Crippen molar-refractivity contribution in [2.75, 3.05) is 19.6 Å². The molecule has 1 unspecified atom stereocenters. The van der Waals surface area contributed by atoms with E-state index in [-0.39, 0.29) is 22.7 Å². The van der Waals surface area contributed by atoms with Crippen molar-refractivity contribution in [2.24, 2.45) is 14.1 Å². The van der Waals surface area contributed by atoms with E-state index in [1.807, 2.05) is 10.6 Å². The van der Waals surface area contributed by atoms with Gasteiger partial charge in [0, 0.05) is 27.2 Å². The molecule has 1 aliphatic heterocycles. The number of aryl methyl sites for hydroxylation is 2. The normalized spacial score (nSPS) is 17.6. The summed E-state index contributed by atoms with van der Waals surface area (Å²) in [6, 6.07) is 5.07. The number of benzene rings is 1. The van der Waals surface area contributed by atoms with Gasteiger partial charge in [-0.05, 0) is 56.0 Å². The Hall–Kier alpha value is -3.07. The molecule has 1 saturated heterocycles. The number of aromatic nitrogens is 4. The van der Waals surface area contributed by atoms with Crippen LogP contribution in [0.25, 0.3) is 11.2 Å². The third kappa shape index (κ3) is 3.60. The van der Waals surface area contributed by atoms with Crippen LogP contribution in [0, 0.1) is 0 Å². The fourth-order valence-electron chi connectivity index (χ4n) is 4.36. The maximum absolute atomic E-state index is 12.5. The Morgan fingerprint density at radius 1 is 1.10 bits per heavy atom. The monoisotopic (exact) mass is 413 g/mol. The van der Waals surface area contributed by atoms with Crippen molar-refractivity contribution >= 4 is 11.2 Å². The molecule has 0 radical (unpaired) electrons. The molecule has 9 nitrogen and oxygen atoms in total. The van der Waals surface area contributed by atoms with Crippen molar-refractivity contribution < 1.29 is 10.2 Å². The van der Waals surface area contributed by atoms with E-state index in [0.29, 0.717) is 23.6 Å². The van der Waals surface area contributed by atoms with Gasteiger partial charge in [0.1, 0.15) is 0 Å². The average Bonchev–Trinajstić information content (AvgIpc) is 3.17. The van der Waals surface area contributed by atoms with Gasteiger partial charge in [0.25, 0.3) is 5.56 Å². The lowest BCUT2D eigenvalue weighted by Crippen LogP contribution is -2.37. The van der Waals surface area contributed by atoms with Crippen molar-refractivity contribution in [3.8, 4) is 11.5 Å². The summed E-state index contributed by atoms with van der Waals surface area (Å²) < 4.78 is 4.34. The van der Waals surface area contributed by atoms with Crippen LogP contribution in [-0.4, -0.2) is 53.4 Å². The molecule has 30 heavy (non-hydrogen) atoms. The molecule has 9 heteroatoms. The minimum Gasteiger partial charge on any atom is -0.504 e. The van der Waals surface area contributed by atoms with Crippen LogP contribution in [-0.2, 0) is 20.6 Å². The topological polar surface area (TPSA) is 106 Å². The maximum atomic E-state index is 12.5. The molecule has 1 aromatic carbocycles. The number of hydrogen-bond acceptors (Lipinski definition) is 6. The first-order valence-corrected chi connectivity index (χ1v) is 10.2. The Balaban J connectivity index is 1.43. The van der Waals surface area contributed by atoms with Crippen molar-refractivity contribution in [2.45, 2.75) is 31.7 Å². The largest absolute Gasteiger partial charge is 0.504 e. The molecule has 2 N–H and O–H groups in total. The lowest BCUT2D eigenvalue weighted by atomic mass is 9.90. The van der Waals surface area contributed by atoms with E-state index in [9.17, 15) is 19.8 Å². The third-order valence-corrected chi connectivity index (χ3v) is 6.07. The average molecular weight is 413 g/mol. The van der Waals surface area contributed by atoms with Crippen molar-refractivity contribution in [1.82, 2.24) is 23.6 Å². The lowest BCUT2D eigenvalue weighted by molar-refractivity contribution is 0.203. The van der Waals surface area contributed by atoms with Gasteiger partial charge in [0.05, 0.1) is 6.33 Å². The van der Waals surface area contributed by atoms with Crippen LogP contribution in [0.1, 0.15) is 30.7 Å². The molecule has 0 spiro atoms. The molecule has 0 bridgehead atoms. The minimum absolute atomic E-state index is 0.0763. The van der Waals surface area contributed by atoms with E-state index in [2.05, 4.69) is 9.88 Å². The molecular weight excluding hydrogens is 386 g/mol. The van der Waals surface area contributed by atoms with E-state index >= 15 is 0 Å². The van der Waals surface area contributed by atoms with Crippen molar-refractivity contribution in [1.29, 1.82) is 0 Å². The molecule has 0 amide bonds. The first-order chi connectivity index (χ1) is 14.4. The minimum atomic E-state index is -0.377. The number of piperidine rings is 1. The van der Waals surface area contributed by atoms with Crippen LogP contribution in [0.4, 0.5) is 0 Å². The van der Waals surface area contributed by atoms with E-state index < -0.39 is 0 Å². The predicted molar refractivity (Wildman–Crippen MR) is 113 cm³/mol. The standard InChI is InChI=1S/C21H27N5O4/c1-23-19-18(20(29)24(2)21(23)30)26(13-22-19)10-4-9-25-8-3-5-15(12-25)14-6-7-16(27)17(28)11-14/h6-7,11,13,15,27-28H,3-5,8-10,12H2,1-2H3. The Labute approximate surface area is 173 Å². The first-order valence-electron chi connectivity index (χ1n) is 10.2. The van der Waals surface area contributed by atoms with Gasteiger partial charge in [-0.1, -0.05) is 6.07 Å². The summed E-state index contributed by atoms with van der Waals surface area (Å²) in [5, 5.41) is 19.3. The molecular formula is C21H27N5O4. The number of rotatable bonds is 5. The molecule has 0 aliphatic carbocycles. The van der Waals surface area contributed by atoms with Crippen LogP contribution in [0.5, 0.6) is 11.5 Å². The third-order valence-electron chi connectivity index (χ3n) is 6.07. The number of aromatic hydroxyl groups is 2. The second-order valence-electron chi connectivity index (χ2n) is 8.06. The second-order valence-corrected chi connectivity index (χ2v) is 8.06. The highest BCUT2D eigenvalue weighted by Gasteiger charge is 2.22. The zero-order chi connectivity index (χ0) is 21.4. The van der Waals surface area contributed by atoms with Crippen molar-refractivity contribution in [3.05, 3.63) is 50.9 Å². The van der Waals surface area contributed by atoms with Crippen LogP contribution in [0.2, 0.25) is 0 Å². The van der Waals surface area contributed by atoms with E-state index in [0.717, 1.165) is 49.0 Å². The van der Waals surface area contributed by atoms with Gasteiger partial charge >= 0.3 is 5.69 Å². The Bertz CT molecular complexity index is 1190. The second kappa shape index (κ2) is 7.98. The van der Waals surface area contributed by atoms with Crippen molar-refractivity contribution in [3.63, 3.8) is 0 Å². The Kier molecular flexibility index (Phi) is 5.38. The number of hydrogen-bond donors (Lipinski definition) is 2. The SMILES string of the molecule is Cn1c(=O)c2c(ncn2CCCN2CCCC(c3ccc(O)c(O)c3)C2)n(C)c1=O. The zero-order valence-electron chi connectivity index (χ0n) is 17.3. The van der Waals surface area contributed by atoms with E-state index in [4.69, 9.17) is 0 Å². The predicted octanol–water partition coefficient (Wildman–Crippen LogP) is 1.11. The zero-order valence-corrected chi connectivity index (χ0v) is 17.3. The Morgan fingerprint density at radius 3 is 2.67 bits per heavy atom. The highest BCUT2D eigenvalue weighted by Crippen LogP contribution is 2.32.